The molecule has 6 heteroatoms. The van der Waals surface area contributed by atoms with Crippen molar-refractivity contribution in [3.8, 4) is 0 Å². The smallest absolute Gasteiger partial charge is 0.282 e. The average Bonchev–Trinajstić information content (AvgIpc) is 2.60. The van der Waals surface area contributed by atoms with Crippen molar-refractivity contribution in [1.29, 1.82) is 0 Å². The molecule has 23 heavy (non-hydrogen) atoms. The normalized spacial score (nSPS) is 14.8. The molecule has 2 heterocycles. The molecular formula is C17H21BrN4O. The summed E-state index contributed by atoms with van der Waals surface area (Å²) in [6.07, 6.45) is 5.51. The number of nitrogens with one attached hydrogen (secondary N) is 1. The number of aromatic nitrogens is 2. The Hall–Kier alpha value is -1.82. The van der Waals surface area contributed by atoms with E-state index in [4.69, 9.17) is 0 Å². The highest BCUT2D eigenvalue weighted by atomic mass is 79.9. The molecule has 0 atom stereocenters. The van der Waals surface area contributed by atoms with E-state index in [1.807, 2.05) is 0 Å². The van der Waals surface area contributed by atoms with Crippen LogP contribution in [0.2, 0.25) is 0 Å². The topological polar surface area (TPSA) is 50.2 Å². The van der Waals surface area contributed by atoms with Crippen molar-refractivity contribution in [3.05, 3.63) is 50.9 Å². The van der Waals surface area contributed by atoms with Crippen molar-refractivity contribution in [2.75, 3.05) is 23.3 Å². The molecule has 1 aromatic carbocycles. The number of piperidine rings is 1. The maximum Gasteiger partial charge on any atom is 0.282 e. The number of hydrogen-bond acceptors (Lipinski definition) is 4. The fourth-order valence-electron chi connectivity index (χ4n) is 2.93. The molecule has 1 aliphatic rings. The third-order valence-corrected chi connectivity index (χ3v) is 5.00. The monoisotopic (exact) mass is 376 g/mol. The van der Waals surface area contributed by atoms with Crippen molar-refractivity contribution < 1.29 is 0 Å². The molecule has 2 aromatic rings. The molecular weight excluding hydrogens is 356 g/mol. The first-order chi connectivity index (χ1) is 11.2. The van der Waals surface area contributed by atoms with Gasteiger partial charge in [0, 0.05) is 32.4 Å². The minimum absolute atomic E-state index is 0.140. The Morgan fingerprint density at radius 3 is 2.74 bits per heavy atom. The quantitative estimate of drug-likeness (QED) is 0.890. The molecule has 1 aliphatic heterocycles. The van der Waals surface area contributed by atoms with E-state index in [1.165, 1.54) is 35.2 Å². The second-order valence-corrected chi connectivity index (χ2v) is 6.62. The van der Waals surface area contributed by atoms with Crippen LogP contribution in [-0.2, 0) is 13.6 Å². The van der Waals surface area contributed by atoms with Gasteiger partial charge in [-0.2, -0.15) is 5.10 Å². The lowest BCUT2D eigenvalue weighted by molar-refractivity contribution is 0.576. The second kappa shape index (κ2) is 7.17. The first-order valence-electron chi connectivity index (χ1n) is 7.95. The molecule has 1 aromatic heterocycles. The van der Waals surface area contributed by atoms with Crippen molar-refractivity contribution in [2.24, 2.45) is 7.05 Å². The maximum absolute atomic E-state index is 11.9. The number of nitrogens with zero attached hydrogens (tertiary/aromatic N) is 3. The minimum Gasteiger partial charge on any atom is -0.379 e. The van der Waals surface area contributed by atoms with Gasteiger partial charge in [-0.05, 0) is 46.8 Å². The highest BCUT2D eigenvalue weighted by Crippen LogP contribution is 2.25. The highest BCUT2D eigenvalue weighted by molar-refractivity contribution is 9.10. The Balaban J connectivity index is 1.78. The zero-order chi connectivity index (χ0) is 16.2. The zero-order valence-electron chi connectivity index (χ0n) is 13.3. The van der Waals surface area contributed by atoms with Crippen LogP contribution in [0, 0.1) is 0 Å². The van der Waals surface area contributed by atoms with Crippen molar-refractivity contribution >= 4 is 27.3 Å². The molecule has 1 fully saturated rings. The van der Waals surface area contributed by atoms with Gasteiger partial charge < -0.3 is 10.2 Å². The SMILES string of the molecule is Cn1ncc(NCc2ccccc2N2CCCCC2)c(Br)c1=O. The average molecular weight is 377 g/mol. The van der Waals surface area contributed by atoms with Crippen LogP contribution in [0.1, 0.15) is 24.8 Å². The van der Waals surface area contributed by atoms with Gasteiger partial charge in [-0.1, -0.05) is 18.2 Å². The van der Waals surface area contributed by atoms with Gasteiger partial charge >= 0.3 is 0 Å². The summed E-state index contributed by atoms with van der Waals surface area (Å²) in [7, 11) is 1.64. The molecule has 1 saturated heterocycles. The van der Waals surface area contributed by atoms with Crippen LogP contribution in [-0.4, -0.2) is 22.9 Å². The summed E-state index contributed by atoms with van der Waals surface area (Å²) < 4.78 is 1.84. The Bertz CT molecular complexity index is 738. The van der Waals surface area contributed by atoms with Gasteiger partial charge in [0.2, 0.25) is 0 Å². The number of aryl methyl sites for hydroxylation is 1. The Morgan fingerprint density at radius 1 is 1.22 bits per heavy atom. The van der Waals surface area contributed by atoms with Crippen LogP contribution in [0.4, 0.5) is 11.4 Å². The second-order valence-electron chi connectivity index (χ2n) is 5.83. The number of rotatable bonds is 4. The molecule has 0 amide bonds. The van der Waals surface area contributed by atoms with Gasteiger partial charge in [-0.3, -0.25) is 4.79 Å². The first-order valence-corrected chi connectivity index (χ1v) is 8.74. The molecule has 0 aliphatic carbocycles. The molecule has 122 valence electrons. The molecule has 0 unspecified atom stereocenters. The molecule has 0 spiro atoms. The number of para-hydroxylation sites is 1. The van der Waals surface area contributed by atoms with E-state index in [1.54, 1.807) is 13.2 Å². The van der Waals surface area contributed by atoms with E-state index in [9.17, 15) is 4.79 Å². The van der Waals surface area contributed by atoms with Gasteiger partial charge in [0.25, 0.3) is 5.56 Å². The molecule has 3 rings (SSSR count). The summed E-state index contributed by atoms with van der Waals surface area (Å²) in [5.41, 5.74) is 3.11. The highest BCUT2D eigenvalue weighted by Gasteiger charge is 2.14. The van der Waals surface area contributed by atoms with E-state index in [2.05, 4.69) is 55.5 Å². The van der Waals surface area contributed by atoms with Crippen LogP contribution < -0.4 is 15.8 Å². The number of halogens is 1. The lowest BCUT2D eigenvalue weighted by Gasteiger charge is -2.30. The van der Waals surface area contributed by atoms with E-state index in [0.717, 1.165) is 18.8 Å². The molecule has 0 saturated carbocycles. The third kappa shape index (κ3) is 3.58. The van der Waals surface area contributed by atoms with Gasteiger partial charge in [0.1, 0.15) is 4.47 Å². The molecule has 0 radical (unpaired) electrons. The van der Waals surface area contributed by atoms with Crippen LogP contribution in [0.25, 0.3) is 0 Å². The van der Waals surface area contributed by atoms with Gasteiger partial charge in [-0.25, -0.2) is 4.68 Å². The zero-order valence-corrected chi connectivity index (χ0v) is 14.8. The molecule has 1 N–H and O–H groups in total. The van der Waals surface area contributed by atoms with E-state index in [0.29, 0.717) is 11.0 Å². The van der Waals surface area contributed by atoms with Gasteiger partial charge in [-0.15, -0.1) is 0 Å². The van der Waals surface area contributed by atoms with E-state index < -0.39 is 0 Å². The van der Waals surface area contributed by atoms with Crippen molar-refractivity contribution in [2.45, 2.75) is 25.8 Å². The fraction of sp³-hybridized carbons (Fsp3) is 0.412. The fourth-order valence-corrected chi connectivity index (χ4v) is 3.43. The Morgan fingerprint density at radius 2 is 1.96 bits per heavy atom. The minimum atomic E-state index is -0.140. The molecule has 0 bridgehead atoms. The summed E-state index contributed by atoms with van der Waals surface area (Å²) in [5, 5.41) is 7.39. The Kier molecular flexibility index (Phi) is 5.00. The first kappa shape index (κ1) is 16.1. The summed E-state index contributed by atoms with van der Waals surface area (Å²) >= 11 is 3.35. The Labute approximate surface area is 144 Å². The number of anilines is 2. The van der Waals surface area contributed by atoms with Crippen molar-refractivity contribution in [3.63, 3.8) is 0 Å². The van der Waals surface area contributed by atoms with Gasteiger partial charge in [0.15, 0.2) is 0 Å². The predicted octanol–water partition coefficient (Wildman–Crippen LogP) is 3.15. The summed E-state index contributed by atoms with van der Waals surface area (Å²) in [6.45, 7) is 2.91. The summed E-state index contributed by atoms with van der Waals surface area (Å²) in [5.74, 6) is 0. The summed E-state index contributed by atoms with van der Waals surface area (Å²) in [4.78, 5) is 14.4. The van der Waals surface area contributed by atoms with Crippen LogP contribution in [0.15, 0.2) is 39.7 Å². The maximum atomic E-state index is 11.9. The lowest BCUT2D eigenvalue weighted by Crippen LogP contribution is -2.30. The summed E-state index contributed by atoms with van der Waals surface area (Å²) in [6, 6.07) is 8.46. The van der Waals surface area contributed by atoms with Crippen molar-refractivity contribution in [1.82, 2.24) is 9.78 Å². The predicted molar refractivity (Wildman–Crippen MR) is 97.0 cm³/mol. The number of benzene rings is 1. The largest absolute Gasteiger partial charge is 0.379 e. The molecule has 5 nitrogen and oxygen atoms in total. The van der Waals surface area contributed by atoms with Crippen LogP contribution in [0.5, 0.6) is 0 Å². The van der Waals surface area contributed by atoms with E-state index >= 15 is 0 Å². The van der Waals surface area contributed by atoms with Gasteiger partial charge in [0.05, 0.1) is 11.9 Å². The third-order valence-electron chi connectivity index (χ3n) is 4.24. The standard InChI is InChI=1S/C17H21BrN4O/c1-21-17(23)16(18)14(12-20-21)19-11-13-7-3-4-8-15(13)22-9-5-2-6-10-22/h3-4,7-8,12,19H,2,5-6,9-11H2,1H3. The lowest BCUT2D eigenvalue weighted by atomic mass is 10.1. The number of hydrogen-bond donors (Lipinski definition) is 1. The van der Waals surface area contributed by atoms with Crippen LogP contribution >= 0.6 is 15.9 Å². The van der Waals surface area contributed by atoms with E-state index in [-0.39, 0.29) is 5.56 Å². The van der Waals surface area contributed by atoms with Crippen LogP contribution in [0.3, 0.4) is 0 Å².